The van der Waals surface area contributed by atoms with Crippen LogP contribution in [0.2, 0.25) is 0 Å². The molecule has 3 rings (SSSR count). The molecule has 0 unspecified atom stereocenters. The standard InChI is InChI=1S/C12H13IN8/c1-2-4-14-10-17-11(20-6-3-5-15-20)19-12(18-10)21-8-9(13)7-16-21/h3,5-8H,2,4H2,1H3,(H,14,17,18,19). The molecule has 0 saturated carbocycles. The second-order valence-electron chi connectivity index (χ2n) is 4.24. The summed E-state index contributed by atoms with van der Waals surface area (Å²) in [4.78, 5) is 13.2. The van der Waals surface area contributed by atoms with Gasteiger partial charge in [-0.05, 0) is 35.1 Å². The van der Waals surface area contributed by atoms with Gasteiger partial charge in [0, 0.05) is 25.1 Å². The minimum atomic E-state index is 0.453. The van der Waals surface area contributed by atoms with Crippen molar-refractivity contribution < 1.29 is 0 Å². The molecule has 0 aliphatic rings. The van der Waals surface area contributed by atoms with Crippen molar-refractivity contribution >= 4 is 28.5 Å². The molecule has 8 nitrogen and oxygen atoms in total. The molecule has 108 valence electrons. The number of nitrogens with zero attached hydrogens (tertiary/aromatic N) is 7. The smallest absolute Gasteiger partial charge is 0.257 e. The quantitative estimate of drug-likeness (QED) is 0.661. The van der Waals surface area contributed by atoms with E-state index in [0.717, 1.165) is 16.5 Å². The van der Waals surface area contributed by atoms with Crippen LogP contribution in [0.4, 0.5) is 5.95 Å². The third-order valence-electron chi connectivity index (χ3n) is 2.61. The Hall–Kier alpha value is -2.04. The molecule has 0 spiro atoms. The minimum Gasteiger partial charge on any atom is -0.354 e. The van der Waals surface area contributed by atoms with E-state index in [4.69, 9.17) is 0 Å². The van der Waals surface area contributed by atoms with Crippen LogP contribution < -0.4 is 5.32 Å². The number of hydrogen-bond acceptors (Lipinski definition) is 6. The first-order chi connectivity index (χ1) is 10.3. The molecule has 3 aromatic heterocycles. The summed E-state index contributed by atoms with van der Waals surface area (Å²) in [6, 6.07) is 1.82. The van der Waals surface area contributed by atoms with E-state index in [9.17, 15) is 0 Å². The van der Waals surface area contributed by atoms with Gasteiger partial charge in [0.25, 0.3) is 11.9 Å². The SMILES string of the molecule is CCCNc1nc(-n2cccn2)nc(-n2cc(I)cn2)n1. The van der Waals surface area contributed by atoms with Crippen LogP contribution in [0.5, 0.6) is 0 Å². The highest BCUT2D eigenvalue weighted by Crippen LogP contribution is 2.10. The third-order valence-corrected chi connectivity index (χ3v) is 3.17. The number of halogens is 1. The van der Waals surface area contributed by atoms with Crippen molar-refractivity contribution in [3.63, 3.8) is 0 Å². The second kappa shape index (κ2) is 6.16. The zero-order valence-corrected chi connectivity index (χ0v) is 13.5. The molecule has 1 N–H and O–H groups in total. The van der Waals surface area contributed by atoms with Gasteiger partial charge in [0.15, 0.2) is 0 Å². The number of anilines is 1. The zero-order chi connectivity index (χ0) is 14.7. The molecule has 3 aromatic rings. The lowest BCUT2D eigenvalue weighted by molar-refractivity contribution is 0.744. The molecular formula is C12H13IN8. The van der Waals surface area contributed by atoms with E-state index in [-0.39, 0.29) is 0 Å². The van der Waals surface area contributed by atoms with Gasteiger partial charge in [-0.15, -0.1) is 0 Å². The molecule has 0 aliphatic heterocycles. The highest BCUT2D eigenvalue weighted by Gasteiger charge is 2.10. The van der Waals surface area contributed by atoms with Crippen LogP contribution in [0, 0.1) is 3.57 Å². The summed E-state index contributed by atoms with van der Waals surface area (Å²) in [6.07, 6.45) is 8.05. The van der Waals surface area contributed by atoms with Crippen molar-refractivity contribution in [3.05, 3.63) is 34.4 Å². The van der Waals surface area contributed by atoms with Crippen LogP contribution >= 0.6 is 22.6 Å². The third kappa shape index (κ3) is 3.17. The lowest BCUT2D eigenvalue weighted by Gasteiger charge is -2.08. The Kier molecular flexibility index (Phi) is 4.08. The van der Waals surface area contributed by atoms with Gasteiger partial charge in [-0.25, -0.2) is 9.36 Å². The first-order valence-corrected chi connectivity index (χ1v) is 7.54. The van der Waals surface area contributed by atoms with Gasteiger partial charge < -0.3 is 5.32 Å². The van der Waals surface area contributed by atoms with Crippen molar-refractivity contribution in [1.82, 2.24) is 34.5 Å². The molecule has 0 bridgehead atoms. The fraction of sp³-hybridized carbons (Fsp3) is 0.250. The molecule has 9 heteroatoms. The van der Waals surface area contributed by atoms with Crippen LogP contribution in [0.3, 0.4) is 0 Å². The first-order valence-electron chi connectivity index (χ1n) is 6.47. The van der Waals surface area contributed by atoms with E-state index < -0.39 is 0 Å². The van der Waals surface area contributed by atoms with E-state index in [1.54, 1.807) is 28.0 Å². The Balaban J connectivity index is 2.04. The summed E-state index contributed by atoms with van der Waals surface area (Å²) in [5.41, 5.74) is 0. The summed E-state index contributed by atoms with van der Waals surface area (Å²) in [6.45, 7) is 2.87. The van der Waals surface area contributed by atoms with E-state index in [0.29, 0.717) is 17.8 Å². The molecule has 0 fully saturated rings. The Morgan fingerprint density at radius 1 is 1.14 bits per heavy atom. The monoisotopic (exact) mass is 396 g/mol. The molecule has 0 atom stereocenters. The van der Waals surface area contributed by atoms with E-state index in [1.807, 2.05) is 12.3 Å². The Morgan fingerprint density at radius 3 is 2.57 bits per heavy atom. The van der Waals surface area contributed by atoms with Crippen molar-refractivity contribution in [2.45, 2.75) is 13.3 Å². The predicted octanol–water partition coefficient (Wildman–Crippen LogP) is 1.67. The summed E-state index contributed by atoms with van der Waals surface area (Å²) in [5.74, 6) is 1.42. The van der Waals surface area contributed by atoms with Gasteiger partial charge in [-0.3, -0.25) is 0 Å². The molecule has 21 heavy (non-hydrogen) atoms. The predicted molar refractivity (Wildman–Crippen MR) is 85.6 cm³/mol. The Bertz CT molecular complexity index is 721. The minimum absolute atomic E-state index is 0.453. The molecule has 0 amide bonds. The number of aromatic nitrogens is 7. The second-order valence-corrected chi connectivity index (χ2v) is 5.49. The number of hydrogen-bond donors (Lipinski definition) is 1. The Morgan fingerprint density at radius 2 is 1.95 bits per heavy atom. The van der Waals surface area contributed by atoms with Gasteiger partial charge in [-0.1, -0.05) is 6.92 Å². The van der Waals surface area contributed by atoms with Crippen molar-refractivity contribution in [3.8, 4) is 11.9 Å². The van der Waals surface area contributed by atoms with Crippen molar-refractivity contribution in [1.29, 1.82) is 0 Å². The normalized spacial score (nSPS) is 10.8. The summed E-state index contributed by atoms with van der Waals surface area (Å²) in [7, 11) is 0. The summed E-state index contributed by atoms with van der Waals surface area (Å²) in [5, 5.41) is 11.5. The molecule has 0 radical (unpaired) electrons. The maximum atomic E-state index is 4.40. The van der Waals surface area contributed by atoms with Crippen LogP contribution in [-0.2, 0) is 0 Å². The van der Waals surface area contributed by atoms with Crippen LogP contribution in [0.15, 0.2) is 30.9 Å². The molecule has 3 heterocycles. The first kappa shape index (κ1) is 13.9. The van der Waals surface area contributed by atoms with Crippen LogP contribution in [0.25, 0.3) is 11.9 Å². The average molecular weight is 396 g/mol. The fourth-order valence-corrected chi connectivity index (χ4v) is 2.06. The van der Waals surface area contributed by atoms with E-state index >= 15 is 0 Å². The van der Waals surface area contributed by atoms with Gasteiger partial charge >= 0.3 is 0 Å². The number of nitrogens with one attached hydrogen (secondary N) is 1. The zero-order valence-electron chi connectivity index (χ0n) is 11.3. The molecule has 0 aliphatic carbocycles. The topological polar surface area (TPSA) is 86.3 Å². The maximum Gasteiger partial charge on any atom is 0.257 e. The highest BCUT2D eigenvalue weighted by atomic mass is 127. The largest absolute Gasteiger partial charge is 0.354 e. The molecule has 0 aromatic carbocycles. The van der Waals surface area contributed by atoms with Crippen molar-refractivity contribution in [2.24, 2.45) is 0 Å². The van der Waals surface area contributed by atoms with Gasteiger partial charge in [0.05, 0.1) is 9.77 Å². The molecular weight excluding hydrogens is 383 g/mol. The average Bonchev–Trinajstić information content (AvgIpc) is 3.16. The molecule has 0 saturated heterocycles. The Labute approximate surface area is 134 Å². The lowest BCUT2D eigenvalue weighted by Crippen LogP contribution is -2.13. The van der Waals surface area contributed by atoms with Crippen molar-refractivity contribution in [2.75, 3.05) is 11.9 Å². The fourth-order valence-electron chi connectivity index (χ4n) is 1.67. The van der Waals surface area contributed by atoms with Gasteiger partial charge in [-0.2, -0.15) is 25.1 Å². The van der Waals surface area contributed by atoms with Gasteiger partial charge in [0.1, 0.15) is 0 Å². The maximum absolute atomic E-state index is 4.40. The van der Waals surface area contributed by atoms with E-state index in [2.05, 4.69) is 60.0 Å². The summed E-state index contributed by atoms with van der Waals surface area (Å²) >= 11 is 2.19. The van der Waals surface area contributed by atoms with Crippen LogP contribution in [-0.4, -0.2) is 41.1 Å². The number of rotatable bonds is 5. The highest BCUT2D eigenvalue weighted by molar-refractivity contribution is 14.1. The summed E-state index contributed by atoms with van der Waals surface area (Å²) < 4.78 is 4.22. The van der Waals surface area contributed by atoms with Gasteiger partial charge in [0.2, 0.25) is 5.95 Å². The van der Waals surface area contributed by atoms with E-state index in [1.165, 1.54) is 0 Å². The lowest BCUT2D eigenvalue weighted by atomic mass is 10.5. The van der Waals surface area contributed by atoms with Crippen LogP contribution in [0.1, 0.15) is 13.3 Å².